The number of hydrogen-bond acceptors (Lipinski definition) is 4. The molecule has 0 saturated heterocycles. The lowest BCUT2D eigenvalue weighted by Gasteiger charge is -2.01. The first kappa shape index (κ1) is 13.4. The van der Waals surface area contributed by atoms with Crippen molar-refractivity contribution in [3.8, 4) is 11.4 Å². The van der Waals surface area contributed by atoms with Crippen molar-refractivity contribution in [3.05, 3.63) is 53.8 Å². The zero-order chi connectivity index (χ0) is 13.7. The van der Waals surface area contributed by atoms with Crippen molar-refractivity contribution in [2.24, 2.45) is 0 Å². The molecule has 5 heteroatoms. The van der Waals surface area contributed by atoms with Crippen LogP contribution in [-0.2, 0) is 0 Å². The summed E-state index contributed by atoms with van der Waals surface area (Å²) < 4.78 is 0. The molecule has 4 nitrogen and oxygen atoms in total. The molecule has 0 fully saturated rings. The molecule has 0 aliphatic heterocycles. The second-order valence-corrected chi connectivity index (χ2v) is 4.05. The van der Waals surface area contributed by atoms with Crippen LogP contribution in [0, 0.1) is 0 Å². The van der Waals surface area contributed by atoms with Crippen molar-refractivity contribution in [1.82, 2.24) is 15.0 Å². The van der Waals surface area contributed by atoms with Crippen molar-refractivity contribution < 1.29 is 5.11 Å². The summed E-state index contributed by atoms with van der Waals surface area (Å²) in [6, 6.07) is 11.6. The molecule has 0 saturated carbocycles. The predicted octanol–water partition coefficient (Wildman–Crippen LogP) is 2.95. The Kier molecular flexibility index (Phi) is 4.39. The van der Waals surface area contributed by atoms with Crippen molar-refractivity contribution in [2.45, 2.75) is 0 Å². The SMILES string of the molecule is CO.Clc1cnc2cnc(-c3ccccc3)nc2c1. The van der Waals surface area contributed by atoms with Crippen LogP contribution in [0.25, 0.3) is 22.4 Å². The summed E-state index contributed by atoms with van der Waals surface area (Å²) in [5, 5.41) is 7.58. The molecular weight excluding hydrogens is 262 g/mol. The third-order valence-corrected chi connectivity index (χ3v) is 2.64. The van der Waals surface area contributed by atoms with Crippen molar-refractivity contribution >= 4 is 22.6 Å². The number of rotatable bonds is 1. The van der Waals surface area contributed by atoms with Gasteiger partial charge in [0.05, 0.1) is 16.7 Å². The van der Waals surface area contributed by atoms with Crippen molar-refractivity contribution in [3.63, 3.8) is 0 Å². The number of benzene rings is 1. The van der Waals surface area contributed by atoms with E-state index in [1.807, 2.05) is 30.3 Å². The fourth-order valence-electron chi connectivity index (χ4n) is 1.62. The molecule has 2 aromatic heterocycles. The molecule has 3 rings (SSSR count). The maximum absolute atomic E-state index is 7.00. The van der Waals surface area contributed by atoms with Gasteiger partial charge in [0.25, 0.3) is 0 Å². The molecule has 0 unspecified atom stereocenters. The maximum atomic E-state index is 7.00. The standard InChI is InChI=1S/C13H8ClN3.CH4O/c14-10-6-11-12(15-7-10)8-16-13(17-11)9-4-2-1-3-5-9;1-2/h1-8H;2H,1H3. The Morgan fingerprint density at radius 1 is 0.947 bits per heavy atom. The monoisotopic (exact) mass is 273 g/mol. The van der Waals surface area contributed by atoms with Gasteiger partial charge in [-0.2, -0.15) is 0 Å². The highest BCUT2D eigenvalue weighted by atomic mass is 35.5. The van der Waals surface area contributed by atoms with Gasteiger partial charge >= 0.3 is 0 Å². The number of pyridine rings is 1. The highest BCUT2D eigenvalue weighted by molar-refractivity contribution is 6.31. The smallest absolute Gasteiger partial charge is 0.159 e. The summed E-state index contributed by atoms with van der Waals surface area (Å²) in [5.41, 5.74) is 2.48. The summed E-state index contributed by atoms with van der Waals surface area (Å²) in [5.74, 6) is 0.683. The molecule has 1 N–H and O–H groups in total. The topological polar surface area (TPSA) is 58.9 Å². The Bertz CT molecular complexity index is 674. The quantitative estimate of drug-likeness (QED) is 0.740. The number of aromatic nitrogens is 3. The van der Waals surface area contributed by atoms with E-state index >= 15 is 0 Å². The number of fused-ring (bicyclic) bond motifs is 1. The molecule has 3 aromatic rings. The minimum absolute atomic E-state index is 0.579. The average Bonchev–Trinajstić information content (AvgIpc) is 2.49. The summed E-state index contributed by atoms with van der Waals surface area (Å²) >= 11 is 5.89. The first-order valence-electron chi connectivity index (χ1n) is 5.61. The van der Waals surface area contributed by atoms with Crippen LogP contribution < -0.4 is 0 Å². The highest BCUT2D eigenvalue weighted by Gasteiger charge is 2.03. The second-order valence-electron chi connectivity index (χ2n) is 3.62. The minimum atomic E-state index is 0.579. The lowest BCUT2D eigenvalue weighted by atomic mass is 10.2. The number of nitrogens with zero attached hydrogens (tertiary/aromatic N) is 3. The molecule has 0 aliphatic carbocycles. The first-order chi connectivity index (χ1) is 9.33. The van der Waals surface area contributed by atoms with Gasteiger partial charge in [-0.05, 0) is 6.07 Å². The predicted molar refractivity (Wildman–Crippen MR) is 75.9 cm³/mol. The molecule has 0 amide bonds. The van der Waals surface area contributed by atoms with E-state index in [9.17, 15) is 0 Å². The first-order valence-corrected chi connectivity index (χ1v) is 5.99. The van der Waals surface area contributed by atoms with Crippen LogP contribution >= 0.6 is 11.6 Å². The van der Waals surface area contributed by atoms with Crippen LogP contribution in [-0.4, -0.2) is 27.2 Å². The van der Waals surface area contributed by atoms with Gasteiger partial charge in [0.15, 0.2) is 5.82 Å². The number of aliphatic hydroxyl groups excluding tert-OH is 1. The van der Waals surface area contributed by atoms with Crippen molar-refractivity contribution in [1.29, 1.82) is 0 Å². The minimum Gasteiger partial charge on any atom is -0.400 e. The van der Waals surface area contributed by atoms with Crippen LogP contribution in [0.2, 0.25) is 5.02 Å². The molecule has 0 atom stereocenters. The molecule has 0 bridgehead atoms. The van der Waals surface area contributed by atoms with Crippen LogP contribution in [0.5, 0.6) is 0 Å². The van der Waals surface area contributed by atoms with E-state index in [0.717, 1.165) is 23.7 Å². The fraction of sp³-hybridized carbons (Fsp3) is 0.0714. The Morgan fingerprint density at radius 3 is 2.42 bits per heavy atom. The second kappa shape index (κ2) is 6.22. The van der Waals surface area contributed by atoms with Gasteiger partial charge in [0, 0.05) is 18.9 Å². The largest absolute Gasteiger partial charge is 0.400 e. The van der Waals surface area contributed by atoms with Crippen molar-refractivity contribution in [2.75, 3.05) is 7.11 Å². The molecule has 0 aliphatic rings. The average molecular weight is 274 g/mol. The number of aliphatic hydroxyl groups is 1. The van der Waals surface area contributed by atoms with E-state index in [4.69, 9.17) is 16.7 Å². The fourth-order valence-corrected chi connectivity index (χ4v) is 1.77. The lowest BCUT2D eigenvalue weighted by Crippen LogP contribution is -1.91. The highest BCUT2D eigenvalue weighted by Crippen LogP contribution is 2.18. The Labute approximate surface area is 115 Å². The zero-order valence-electron chi connectivity index (χ0n) is 10.3. The molecular formula is C14H12ClN3O. The normalized spacial score (nSPS) is 9.84. The van der Waals surface area contributed by atoms with Gasteiger partial charge < -0.3 is 5.11 Å². The summed E-state index contributed by atoms with van der Waals surface area (Å²) in [7, 11) is 1.00. The van der Waals surface area contributed by atoms with E-state index in [1.54, 1.807) is 18.5 Å². The van der Waals surface area contributed by atoms with Crippen LogP contribution in [0.3, 0.4) is 0 Å². The number of halogens is 1. The summed E-state index contributed by atoms with van der Waals surface area (Å²) in [4.78, 5) is 12.9. The third kappa shape index (κ3) is 3.05. The van der Waals surface area contributed by atoms with Crippen LogP contribution in [0.15, 0.2) is 48.8 Å². The molecule has 1 aromatic carbocycles. The molecule has 0 radical (unpaired) electrons. The van der Waals surface area contributed by atoms with E-state index in [2.05, 4.69) is 15.0 Å². The van der Waals surface area contributed by atoms with Gasteiger partial charge in [0.2, 0.25) is 0 Å². The molecule has 2 heterocycles. The summed E-state index contributed by atoms with van der Waals surface area (Å²) in [6.07, 6.45) is 3.30. The lowest BCUT2D eigenvalue weighted by molar-refractivity contribution is 0.399. The van der Waals surface area contributed by atoms with Gasteiger partial charge in [-0.25, -0.2) is 9.97 Å². The van der Waals surface area contributed by atoms with Crippen LogP contribution in [0.4, 0.5) is 0 Å². The number of hydrogen-bond donors (Lipinski definition) is 1. The van der Waals surface area contributed by atoms with Gasteiger partial charge in [-0.3, -0.25) is 4.98 Å². The molecule has 96 valence electrons. The Balaban J connectivity index is 0.000000637. The van der Waals surface area contributed by atoms with E-state index in [1.165, 1.54) is 0 Å². The Morgan fingerprint density at radius 2 is 1.68 bits per heavy atom. The van der Waals surface area contributed by atoms with Gasteiger partial charge in [-0.15, -0.1) is 0 Å². The summed E-state index contributed by atoms with van der Waals surface area (Å²) in [6.45, 7) is 0. The Hall–Kier alpha value is -2.04. The van der Waals surface area contributed by atoms with Gasteiger partial charge in [-0.1, -0.05) is 41.9 Å². The van der Waals surface area contributed by atoms with Gasteiger partial charge in [0.1, 0.15) is 5.52 Å². The molecule has 0 spiro atoms. The third-order valence-electron chi connectivity index (χ3n) is 2.43. The molecule has 19 heavy (non-hydrogen) atoms. The van der Waals surface area contributed by atoms with Crippen LogP contribution in [0.1, 0.15) is 0 Å². The van der Waals surface area contributed by atoms with E-state index < -0.39 is 0 Å². The zero-order valence-corrected chi connectivity index (χ0v) is 11.0. The maximum Gasteiger partial charge on any atom is 0.159 e. The van der Waals surface area contributed by atoms with E-state index in [-0.39, 0.29) is 0 Å². The van der Waals surface area contributed by atoms with E-state index in [0.29, 0.717) is 10.8 Å².